The number of hydroxylamine groups is 1. The number of rotatable bonds is 6. The van der Waals surface area contributed by atoms with Crippen molar-refractivity contribution < 1.29 is 32.3 Å². The Kier molecular flexibility index (Phi) is 6.96. The molecule has 2 N–H and O–H groups in total. The summed E-state index contributed by atoms with van der Waals surface area (Å²) in [6, 6.07) is 11.9. The summed E-state index contributed by atoms with van der Waals surface area (Å²) in [4.78, 5) is 32.5. The molecule has 0 fully saturated rings. The molecule has 0 aliphatic carbocycles. The van der Waals surface area contributed by atoms with Crippen LogP contribution in [-0.2, 0) is 11.0 Å². The van der Waals surface area contributed by atoms with Gasteiger partial charge in [0.1, 0.15) is 17.2 Å². The van der Waals surface area contributed by atoms with Crippen LogP contribution >= 0.6 is 11.6 Å². The minimum atomic E-state index is -4.68. The molecule has 11 heteroatoms. The molecule has 0 unspecified atom stereocenters. The van der Waals surface area contributed by atoms with Crippen molar-refractivity contribution >= 4 is 29.1 Å². The summed E-state index contributed by atoms with van der Waals surface area (Å²) < 4.78 is 44.6. The number of hydrogen-bond acceptors (Lipinski definition) is 5. The number of carbonyl (C=O) groups is 2. The molecule has 0 saturated heterocycles. The monoisotopic (exact) mass is 465 g/mol. The number of amides is 2. The Morgan fingerprint density at radius 1 is 0.969 bits per heavy atom. The number of nitrogens with one attached hydrogen (secondary N) is 2. The Morgan fingerprint density at radius 3 is 2.34 bits per heavy atom. The molecule has 0 bridgehead atoms. The first-order valence-electron chi connectivity index (χ1n) is 8.93. The van der Waals surface area contributed by atoms with Gasteiger partial charge >= 0.3 is 6.18 Å². The number of benzene rings is 2. The SMILES string of the molecule is CONC(=O)c1cc(Oc2ccc(NC(=O)c3ccc(Cl)c(C(F)(F)F)c3)cc2)ccn1. The first-order valence-corrected chi connectivity index (χ1v) is 9.30. The second-order valence-corrected chi connectivity index (χ2v) is 6.69. The largest absolute Gasteiger partial charge is 0.457 e. The Morgan fingerprint density at radius 2 is 1.69 bits per heavy atom. The minimum absolute atomic E-state index is 0.0782. The highest BCUT2D eigenvalue weighted by Crippen LogP contribution is 2.35. The third kappa shape index (κ3) is 5.74. The molecule has 7 nitrogen and oxygen atoms in total. The minimum Gasteiger partial charge on any atom is -0.457 e. The standard InChI is InChI=1S/C21H15ClF3N3O4/c1-31-28-20(30)18-11-15(8-9-26-18)32-14-5-3-13(4-6-14)27-19(29)12-2-7-17(22)16(10-12)21(23,24)25/h2-11H,1H3,(H,27,29)(H,28,30). The number of carbonyl (C=O) groups excluding carboxylic acids is 2. The Labute approximate surface area is 185 Å². The smallest absolute Gasteiger partial charge is 0.417 e. The molecular formula is C21H15ClF3N3O4. The van der Waals surface area contributed by atoms with Crippen LogP contribution < -0.4 is 15.5 Å². The lowest BCUT2D eigenvalue weighted by atomic mass is 10.1. The highest BCUT2D eigenvalue weighted by atomic mass is 35.5. The third-order valence-corrected chi connectivity index (χ3v) is 4.37. The van der Waals surface area contributed by atoms with Crippen LogP contribution in [0.15, 0.2) is 60.8 Å². The van der Waals surface area contributed by atoms with Gasteiger partial charge in [-0.2, -0.15) is 13.2 Å². The van der Waals surface area contributed by atoms with E-state index in [1.165, 1.54) is 55.8 Å². The second kappa shape index (κ2) is 9.67. The lowest BCUT2D eigenvalue weighted by Gasteiger charge is -2.12. The predicted molar refractivity (Wildman–Crippen MR) is 110 cm³/mol. The lowest BCUT2D eigenvalue weighted by Crippen LogP contribution is -2.22. The molecule has 1 aromatic heterocycles. The van der Waals surface area contributed by atoms with Gasteiger partial charge in [-0.1, -0.05) is 11.6 Å². The number of nitrogens with zero attached hydrogens (tertiary/aromatic N) is 1. The quantitative estimate of drug-likeness (QED) is 0.495. The highest BCUT2D eigenvalue weighted by Gasteiger charge is 2.33. The number of ether oxygens (including phenoxy) is 1. The van der Waals surface area contributed by atoms with Crippen LogP contribution in [0.1, 0.15) is 26.4 Å². The molecule has 166 valence electrons. The molecule has 0 spiro atoms. The molecule has 32 heavy (non-hydrogen) atoms. The van der Waals surface area contributed by atoms with Crippen molar-refractivity contribution in [1.29, 1.82) is 0 Å². The van der Waals surface area contributed by atoms with Crippen LogP contribution in [0.2, 0.25) is 5.02 Å². The van der Waals surface area contributed by atoms with Crippen LogP contribution in [0.3, 0.4) is 0 Å². The van der Waals surface area contributed by atoms with Crippen LogP contribution in [0.4, 0.5) is 18.9 Å². The van der Waals surface area contributed by atoms with Gasteiger partial charge in [0.15, 0.2) is 0 Å². The Balaban J connectivity index is 1.68. The van der Waals surface area contributed by atoms with E-state index in [9.17, 15) is 22.8 Å². The van der Waals surface area contributed by atoms with Crippen molar-refractivity contribution in [2.45, 2.75) is 6.18 Å². The fraction of sp³-hybridized carbons (Fsp3) is 0.0952. The molecule has 3 aromatic rings. The van der Waals surface area contributed by atoms with E-state index in [-0.39, 0.29) is 11.3 Å². The zero-order chi connectivity index (χ0) is 23.3. The molecule has 1 heterocycles. The molecule has 0 saturated carbocycles. The van der Waals surface area contributed by atoms with Crippen molar-refractivity contribution in [1.82, 2.24) is 10.5 Å². The average molecular weight is 466 g/mol. The predicted octanol–water partition coefficient (Wildman–Crippen LogP) is 5.09. The van der Waals surface area contributed by atoms with Crippen LogP contribution in [0, 0.1) is 0 Å². The van der Waals surface area contributed by atoms with E-state index in [0.29, 0.717) is 23.3 Å². The van der Waals surface area contributed by atoms with Gasteiger partial charge in [-0.25, -0.2) is 5.48 Å². The first kappa shape index (κ1) is 23.0. The summed E-state index contributed by atoms with van der Waals surface area (Å²) in [6.45, 7) is 0. The summed E-state index contributed by atoms with van der Waals surface area (Å²) in [6.07, 6.45) is -3.29. The van der Waals surface area contributed by atoms with E-state index in [1.807, 2.05) is 0 Å². The number of aromatic nitrogens is 1. The molecule has 2 aromatic carbocycles. The van der Waals surface area contributed by atoms with Gasteiger partial charge < -0.3 is 10.1 Å². The van der Waals surface area contributed by atoms with Crippen molar-refractivity contribution in [3.8, 4) is 11.5 Å². The Bertz CT molecular complexity index is 1140. The first-order chi connectivity index (χ1) is 15.2. The summed E-state index contributed by atoms with van der Waals surface area (Å²) >= 11 is 5.57. The maximum Gasteiger partial charge on any atom is 0.417 e. The number of pyridine rings is 1. The summed E-state index contributed by atoms with van der Waals surface area (Å²) in [5.41, 5.74) is 1.27. The summed E-state index contributed by atoms with van der Waals surface area (Å²) in [7, 11) is 1.29. The van der Waals surface area contributed by atoms with Gasteiger partial charge in [0, 0.05) is 23.5 Å². The number of alkyl halides is 3. The van der Waals surface area contributed by atoms with Crippen LogP contribution in [0.5, 0.6) is 11.5 Å². The van der Waals surface area contributed by atoms with Crippen LogP contribution in [0.25, 0.3) is 0 Å². The number of hydrogen-bond donors (Lipinski definition) is 2. The van der Waals surface area contributed by atoms with E-state index in [1.54, 1.807) is 0 Å². The van der Waals surface area contributed by atoms with Crippen molar-refractivity contribution in [3.05, 3.63) is 82.6 Å². The number of anilines is 1. The second-order valence-electron chi connectivity index (χ2n) is 6.29. The fourth-order valence-electron chi connectivity index (χ4n) is 2.57. The van der Waals surface area contributed by atoms with Gasteiger partial charge in [0.25, 0.3) is 11.8 Å². The third-order valence-electron chi connectivity index (χ3n) is 4.04. The maximum atomic E-state index is 13.0. The topological polar surface area (TPSA) is 89.5 Å². The fourth-order valence-corrected chi connectivity index (χ4v) is 2.80. The van der Waals surface area contributed by atoms with E-state index >= 15 is 0 Å². The Hall–Kier alpha value is -3.63. The normalized spacial score (nSPS) is 11.0. The van der Waals surface area contributed by atoms with Gasteiger partial charge in [-0.15, -0.1) is 0 Å². The summed E-state index contributed by atoms with van der Waals surface area (Å²) in [5, 5.41) is 2.01. The van der Waals surface area contributed by atoms with Crippen molar-refractivity contribution in [2.24, 2.45) is 0 Å². The van der Waals surface area contributed by atoms with Crippen LogP contribution in [-0.4, -0.2) is 23.9 Å². The summed E-state index contributed by atoms with van der Waals surface area (Å²) in [5.74, 6) is -0.562. The molecule has 0 aliphatic heterocycles. The maximum absolute atomic E-state index is 13.0. The van der Waals surface area contributed by atoms with Gasteiger partial charge in [-0.05, 0) is 48.5 Å². The van der Waals surface area contributed by atoms with Gasteiger partial charge in [-0.3, -0.25) is 19.4 Å². The van der Waals surface area contributed by atoms with E-state index < -0.39 is 28.6 Å². The molecule has 3 rings (SSSR count). The highest BCUT2D eigenvalue weighted by molar-refractivity contribution is 6.31. The molecule has 0 atom stereocenters. The van der Waals surface area contributed by atoms with Crippen molar-refractivity contribution in [3.63, 3.8) is 0 Å². The van der Waals surface area contributed by atoms with E-state index in [4.69, 9.17) is 16.3 Å². The molecular weight excluding hydrogens is 451 g/mol. The molecule has 0 aliphatic rings. The van der Waals surface area contributed by atoms with Crippen molar-refractivity contribution in [2.75, 3.05) is 12.4 Å². The zero-order valence-electron chi connectivity index (χ0n) is 16.4. The van der Waals surface area contributed by atoms with Gasteiger partial charge in [0.05, 0.1) is 17.7 Å². The average Bonchev–Trinajstić information content (AvgIpc) is 2.75. The lowest BCUT2D eigenvalue weighted by molar-refractivity contribution is -0.137. The zero-order valence-corrected chi connectivity index (χ0v) is 17.1. The number of halogens is 4. The molecule has 2 amide bonds. The molecule has 0 radical (unpaired) electrons. The van der Waals surface area contributed by atoms with E-state index in [0.717, 1.165) is 6.07 Å². The van der Waals surface area contributed by atoms with Gasteiger partial charge in [0.2, 0.25) is 0 Å². The van der Waals surface area contributed by atoms with E-state index in [2.05, 4.69) is 20.6 Å².